The average molecular weight is 258 g/mol. The Balaban J connectivity index is 2.14. The molecule has 2 aromatic heterocycles. The maximum Gasteiger partial charge on any atom is 0.145 e. The SMILES string of the molecule is Nc1ccn(Cc2cc(Br)cs2)n1. The maximum absolute atomic E-state index is 5.50. The molecular weight excluding hydrogens is 250 g/mol. The van der Waals surface area contributed by atoms with Crippen LogP contribution in [0, 0.1) is 0 Å². The topological polar surface area (TPSA) is 43.8 Å². The smallest absolute Gasteiger partial charge is 0.145 e. The van der Waals surface area contributed by atoms with Gasteiger partial charge in [0.05, 0.1) is 6.54 Å². The minimum atomic E-state index is 0.565. The molecule has 0 bridgehead atoms. The molecule has 2 aromatic rings. The van der Waals surface area contributed by atoms with Gasteiger partial charge in [0.15, 0.2) is 0 Å². The van der Waals surface area contributed by atoms with Gasteiger partial charge in [-0.1, -0.05) is 0 Å². The van der Waals surface area contributed by atoms with Crippen LogP contribution in [0.4, 0.5) is 5.82 Å². The second-order valence-corrected chi connectivity index (χ2v) is 4.58. The van der Waals surface area contributed by atoms with Gasteiger partial charge >= 0.3 is 0 Å². The summed E-state index contributed by atoms with van der Waals surface area (Å²) in [5.74, 6) is 0.565. The van der Waals surface area contributed by atoms with Crippen LogP contribution in [0.25, 0.3) is 0 Å². The highest BCUT2D eigenvalue weighted by molar-refractivity contribution is 9.10. The third-order valence-electron chi connectivity index (χ3n) is 1.60. The Labute approximate surface area is 88.3 Å². The summed E-state index contributed by atoms with van der Waals surface area (Å²) in [6.07, 6.45) is 1.88. The third-order valence-corrected chi connectivity index (χ3v) is 3.28. The highest BCUT2D eigenvalue weighted by Crippen LogP contribution is 2.20. The van der Waals surface area contributed by atoms with Gasteiger partial charge in [0.25, 0.3) is 0 Å². The molecule has 0 aliphatic heterocycles. The van der Waals surface area contributed by atoms with Crippen molar-refractivity contribution in [1.82, 2.24) is 9.78 Å². The van der Waals surface area contributed by atoms with Gasteiger partial charge in [-0.25, -0.2) is 0 Å². The van der Waals surface area contributed by atoms with Crippen LogP contribution in [0.2, 0.25) is 0 Å². The van der Waals surface area contributed by atoms with E-state index in [9.17, 15) is 0 Å². The molecule has 2 heterocycles. The molecule has 0 saturated carbocycles. The van der Waals surface area contributed by atoms with Crippen molar-refractivity contribution in [2.24, 2.45) is 0 Å². The molecule has 0 fully saturated rings. The predicted octanol–water partition coefficient (Wildman–Crippen LogP) is 2.34. The number of rotatable bonds is 2. The number of aromatic nitrogens is 2. The van der Waals surface area contributed by atoms with Crippen LogP contribution >= 0.6 is 27.3 Å². The van der Waals surface area contributed by atoms with Crippen molar-refractivity contribution >= 4 is 33.1 Å². The Morgan fingerprint density at radius 3 is 3.00 bits per heavy atom. The molecule has 0 amide bonds. The van der Waals surface area contributed by atoms with Gasteiger partial charge in [-0.05, 0) is 28.1 Å². The Bertz CT molecular complexity index is 369. The van der Waals surface area contributed by atoms with Gasteiger partial charge in [0, 0.05) is 20.9 Å². The first-order chi connectivity index (χ1) is 6.24. The fraction of sp³-hybridized carbons (Fsp3) is 0.125. The van der Waals surface area contributed by atoms with E-state index in [1.54, 1.807) is 17.4 Å². The van der Waals surface area contributed by atoms with Crippen LogP contribution in [-0.2, 0) is 6.54 Å². The Morgan fingerprint density at radius 2 is 2.46 bits per heavy atom. The summed E-state index contributed by atoms with van der Waals surface area (Å²) in [5, 5.41) is 6.16. The highest BCUT2D eigenvalue weighted by atomic mass is 79.9. The molecule has 0 aliphatic carbocycles. The zero-order valence-electron chi connectivity index (χ0n) is 6.77. The molecule has 2 N–H and O–H groups in total. The normalized spacial score (nSPS) is 10.5. The largest absolute Gasteiger partial charge is 0.382 e. The lowest BCUT2D eigenvalue weighted by Crippen LogP contribution is -1.99. The number of hydrogen-bond donors (Lipinski definition) is 1. The number of nitrogens with two attached hydrogens (primary N) is 1. The summed E-state index contributed by atoms with van der Waals surface area (Å²) in [4.78, 5) is 1.26. The van der Waals surface area contributed by atoms with Crippen LogP contribution < -0.4 is 5.73 Å². The summed E-state index contributed by atoms with van der Waals surface area (Å²) in [6, 6.07) is 3.88. The molecule has 0 unspecified atom stereocenters. The number of nitrogen functional groups attached to an aromatic ring is 1. The Kier molecular flexibility index (Phi) is 2.37. The van der Waals surface area contributed by atoms with E-state index in [1.807, 2.05) is 10.9 Å². The van der Waals surface area contributed by atoms with Gasteiger partial charge in [-0.2, -0.15) is 5.10 Å². The van der Waals surface area contributed by atoms with Crippen molar-refractivity contribution in [3.05, 3.63) is 33.1 Å². The first kappa shape index (κ1) is 8.77. The number of hydrogen-bond acceptors (Lipinski definition) is 3. The van der Waals surface area contributed by atoms with Gasteiger partial charge in [0.1, 0.15) is 5.82 Å². The summed E-state index contributed by atoms with van der Waals surface area (Å²) in [5.41, 5.74) is 5.50. The van der Waals surface area contributed by atoms with Crippen LogP contribution in [-0.4, -0.2) is 9.78 Å². The van der Waals surface area contributed by atoms with Gasteiger partial charge in [-0.3, -0.25) is 4.68 Å². The highest BCUT2D eigenvalue weighted by Gasteiger charge is 1.99. The van der Waals surface area contributed by atoms with Gasteiger partial charge in [0.2, 0.25) is 0 Å². The molecule has 0 saturated heterocycles. The average Bonchev–Trinajstić information content (AvgIpc) is 2.62. The lowest BCUT2D eigenvalue weighted by molar-refractivity contribution is 0.698. The van der Waals surface area contributed by atoms with E-state index in [0.29, 0.717) is 5.82 Å². The molecule has 0 radical (unpaired) electrons. The monoisotopic (exact) mass is 257 g/mol. The zero-order valence-corrected chi connectivity index (χ0v) is 9.18. The molecule has 0 spiro atoms. The molecule has 13 heavy (non-hydrogen) atoms. The minimum Gasteiger partial charge on any atom is -0.382 e. The van der Waals surface area contributed by atoms with Crippen LogP contribution in [0.15, 0.2) is 28.2 Å². The number of anilines is 1. The fourth-order valence-corrected chi connectivity index (χ4v) is 2.50. The maximum atomic E-state index is 5.50. The van der Waals surface area contributed by atoms with Gasteiger partial charge < -0.3 is 5.73 Å². The lowest BCUT2D eigenvalue weighted by atomic mass is 10.5. The first-order valence-corrected chi connectivity index (χ1v) is 5.43. The zero-order chi connectivity index (χ0) is 9.26. The number of thiophene rings is 1. The quantitative estimate of drug-likeness (QED) is 0.898. The van der Waals surface area contributed by atoms with Crippen molar-refractivity contribution in [3.8, 4) is 0 Å². The van der Waals surface area contributed by atoms with E-state index >= 15 is 0 Å². The van der Waals surface area contributed by atoms with E-state index in [-0.39, 0.29) is 0 Å². The first-order valence-electron chi connectivity index (χ1n) is 3.76. The minimum absolute atomic E-state index is 0.565. The summed E-state index contributed by atoms with van der Waals surface area (Å²) in [6.45, 7) is 0.785. The summed E-state index contributed by atoms with van der Waals surface area (Å²) >= 11 is 5.11. The number of halogens is 1. The lowest BCUT2D eigenvalue weighted by Gasteiger charge is -1.96. The Morgan fingerprint density at radius 1 is 1.62 bits per heavy atom. The van der Waals surface area contributed by atoms with E-state index in [0.717, 1.165) is 11.0 Å². The third kappa shape index (κ3) is 2.10. The van der Waals surface area contributed by atoms with Crippen molar-refractivity contribution in [2.45, 2.75) is 6.54 Å². The van der Waals surface area contributed by atoms with Gasteiger partial charge in [-0.15, -0.1) is 11.3 Å². The molecule has 68 valence electrons. The standard InChI is InChI=1S/C8H8BrN3S/c9-6-3-7(13-5-6)4-12-2-1-8(10)11-12/h1-3,5H,4H2,(H2,10,11). The molecule has 0 aromatic carbocycles. The van der Waals surface area contributed by atoms with E-state index in [2.05, 4.69) is 32.5 Å². The van der Waals surface area contributed by atoms with Crippen molar-refractivity contribution in [1.29, 1.82) is 0 Å². The fourth-order valence-electron chi connectivity index (χ4n) is 1.06. The van der Waals surface area contributed by atoms with Crippen LogP contribution in [0.3, 0.4) is 0 Å². The molecule has 0 aliphatic rings. The van der Waals surface area contributed by atoms with Crippen LogP contribution in [0.5, 0.6) is 0 Å². The second-order valence-electron chi connectivity index (χ2n) is 2.67. The second kappa shape index (κ2) is 3.51. The van der Waals surface area contributed by atoms with E-state index in [4.69, 9.17) is 5.73 Å². The summed E-state index contributed by atoms with van der Waals surface area (Å²) in [7, 11) is 0. The molecule has 0 atom stereocenters. The van der Waals surface area contributed by atoms with Crippen LogP contribution in [0.1, 0.15) is 4.88 Å². The molecule has 3 nitrogen and oxygen atoms in total. The van der Waals surface area contributed by atoms with Crippen molar-refractivity contribution in [2.75, 3.05) is 5.73 Å². The van der Waals surface area contributed by atoms with E-state index < -0.39 is 0 Å². The van der Waals surface area contributed by atoms with Crippen molar-refractivity contribution in [3.63, 3.8) is 0 Å². The Hall–Kier alpha value is -0.810. The molecular formula is C8H8BrN3S. The predicted molar refractivity (Wildman–Crippen MR) is 57.8 cm³/mol. The molecule has 2 rings (SSSR count). The molecule has 5 heteroatoms. The van der Waals surface area contributed by atoms with E-state index in [1.165, 1.54) is 4.88 Å². The number of nitrogens with zero attached hydrogens (tertiary/aromatic N) is 2. The summed E-state index contributed by atoms with van der Waals surface area (Å²) < 4.78 is 2.95. The van der Waals surface area contributed by atoms with Crippen molar-refractivity contribution < 1.29 is 0 Å².